The van der Waals surface area contributed by atoms with Gasteiger partial charge in [-0.05, 0) is 30.7 Å². The molecule has 0 saturated heterocycles. The van der Waals surface area contributed by atoms with Gasteiger partial charge >= 0.3 is 0 Å². The highest BCUT2D eigenvalue weighted by atomic mass is 32.2. The molecule has 18 heavy (non-hydrogen) atoms. The minimum absolute atomic E-state index is 0.115. The zero-order valence-electron chi connectivity index (χ0n) is 11.0. The van der Waals surface area contributed by atoms with Crippen molar-refractivity contribution in [3.63, 3.8) is 0 Å². The van der Waals surface area contributed by atoms with Gasteiger partial charge in [-0.3, -0.25) is 0 Å². The van der Waals surface area contributed by atoms with E-state index >= 15 is 0 Å². The molecule has 0 saturated carbocycles. The minimum Gasteiger partial charge on any atom is -0.388 e. The molecule has 1 aliphatic rings. The Hall–Kier alpha value is -0.550. The Kier molecular flexibility index (Phi) is 4.33. The van der Waals surface area contributed by atoms with Gasteiger partial charge in [0.15, 0.2) is 0 Å². The summed E-state index contributed by atoms with van der Waals surface area (Å²) in [5.74, 6) is 0.737. The quantitative estimate of drug-likeness (QED) is 0.761. The van der Waals surface area contributed by atoms with E-state index in [0.717, 1.165) is 12.2 Å². The van der Waals surface area contributed by atoms with Crippen molar-refractivity contribution in [2.75, 3.05) is 18.6 Å². The molecule has 3 atom stereocenters. The molecule has 0 amide bonds. The smallest absolute Gasteiger partial charge is 0.0833 e. The van der Waals surface area contributed by atoms with Gasteiger partial charge in [0.25, 0.3) is 0 Å². The molecular formula is C14H22N2OS. The molecule has 0 heterocycles. The van der Waals surface area contributed by atoms with E-state index in [0.29, 0.717) is 6.54 Å². The number of benzene rings is 1. The highest BCUT2D eigenvalue weighted by molar-refractivity contribution is 7.98. The van der Waals surface area contributed by atoms with E-state index in [1.165, 1.54) is 11.1 Å². The summed E-state index contributed by atoms with van der Waals surface area (Å²) in [5, 5.41) is 13.6. The number of thioether (sulfide) groups is 1. The zero-order chi connectivity index (χ0) is 13.2. The molecule has 3 nitrogen and oxygen atoms in total. The van der Waals surface area contributed by atoms with Crippen LogP contribution < -0.4 is 11.1 Å². The Labute approximate surface area is 113 Å². The first-order valence-corrected chi connectivity index (χ1v) is 7.72. The normalized spacial score (nSPS) is 25.8. The Morgan fingerprint density at radius 3 is 2.78 bits per heavy atom. The van der Waals surface area contributed by atoms with Crippen LogP contribution in [-0.4, -0.2) is 29.3 Å². The van der Waals surface area contributed by atoms with Crippen LogP contribution >= 0.6 is 11.8 Å². The van der Waals surface area contributed by atoms with Gasteiger partial charge in [-0.15, -0.1) is 0 Å². The molecule has 0 aromatic heterocycles. The monoisotopic (exact) mass is 266 g/mol. The van der Waals surface area contributed by atoms with E-state index in [-0.39, 0.29) is 12.1 Å². The number of hydrogen-bond acceptors (Lipinski definition) is 4. The molecule has 0 fully saturated rings. The van der Waals surface area contributed by atoms with Crippen LogP contribution in [0.5, 0.6) is 0 Å². The van der Waals surface area contributed by atoms with E-state index < -0.39 is 5.60 Å². The number of aliphatic hydroxyl groups is 1. The summed E-state index contributed by atoms with van der Waals surface area (Å²) < 4.78 is 0. The van der Waals surface area contributed by atoms with Crippen molar-refractivity contribution in [3.8, 4) is 0 Å². The number of nitrogens with one attached hydrogen (secondary N) is 1. The molecule has 0 spiro atoms. The lowest BCUT2D eigenvalue weighted by Crippen LogP contribution is -2.41. The van der Waals surface area contributed by atoms with Gasteiger partial charge in [0.2, 0.25) is 0 Å². The molecule has 0 bridgehead atoms. The van der Waals surface area contributed by atoms with Crippen LogP contribution in [0.3, 0.4) is 0 Å². The van der Waals surface area contributed by atoms with Gasteiger partial charge < -0.3 is 16.2 Å². The van der Waals surface area contributed by atoms with Crippen LogP contribution in [0, 0.1) is 0 Å². The summed E-state index contributed by atoms with van der Waals surface area (Å²) in [6.07, 6.45) is 2.92. The van der Waals surface area contributed by atoms with Gasteiger partial charge in [0, 0.05) is 24.4 Å². The van der Waals surface area contributed by atoms with E-state index in [9.17, 15) is 5.11 Å². The molecule has 4 N–H and O–H groups in total. The second kappa shape index (κ2) is 5.61. The van der Waals surface area contributed by atoms with E-state index in [1.807, 2.05) is 25.3 Å². The summed E-state index contributed by atoms with van der Waals surface area (Å²) in [5.41, 5.74) is 7.98. The second-order valence-electron chi connectivity index (χ2n) is 5.33. The maximum atomic E-state index is 10.2. The predicted molar refractivity (Wildman–Crippen MR) is 77.7 cm³/mol. The third-order valence-corrected chi connectivity index (χ3v) is 4.36. The van der Waals surface area contributed by atoms with Gasteiger partial charge in [0.1, 0.15) is 0 Å². The largest absolute Gasteiger partial charge is 0.388 e. The topological polar surface area (TPSA) is 58.3 Å². The Morgan fingerprint density at radius 2 is 2.11 bits per heavy atom. The maximum Gasteiger partial charge on any atom is 0.0833 e. The lowest BCUT2D eigenvalue weighted by Gasteiger charge is -2.25. The lowest BCUT2D eigenvalue weighted by atomic mass is 10.1. The fourth-order valence-corrected chi connectivity index (χ4v) is 3.30. The van der Waals surface area contributed by atoms with E-state index in [4.69, 9.17) is 5.73 Å². The number of hydrogen-bond donors (Lipinski definition) is 3. The average molecular weight is 266 g/mol. The molecule has 0 radical (unpaired) electrons. The Balaban J connectivity index is 2.00. The minimum atomic E-state index is -0.666. The molecule has 1 aromatic carbocycles. The first-order chi connectivity index (χ1) is 8.53. The summed E-state index contributed by atoms with van der Waals surface area (Å²) in [6.45, 7) is 2.47. The van der Waals surface area contributed by atoms with Crippen LogP contribution in [0.2, 0.25) is 0 Å². The molecule has 1 aromatic rings. The summed E-state index contributed by atoms with van der Waals surface area (Å²) >= 11 is 1.66. The molecule has 4 heteroatoms. The number of fused-ring (bicyclic) bond motifs is 1. The van der Waals surface area contributed by atoms with Crippen LogP contribution in [0.15, 0.2) is 24.3 Å². The fourth-order valence-electron chi connectivity index (χ4n) is 2.57. The standard InChI is InChI=1S/C14H22N2OS/c1-14(17,9-18-2)8-16-13-7-12(15)10-5-3-4-6-11(10)13/h3-6,12-13,16-17H,7-9,15H2,1-2H3. The van der Waals surface area contributed by atoms with Crippen molar-refractivity contribution in [2.24, 2.45) is 5.73 Å². The van der Waals surface area contributed by atoms with Crippen LogP contribution in [0.25, 0.3) is 0 Å². The van der Waals surface area contributed by atoms with Crippen LogP contribution in [-0.2, 0) is 0 Å². The maximum absolute atomic E-state index is 10.2. The highest BCUT2D eigenvalue weighted by Crippen LogP contribution is 2.37. The SMILES string of the molecule is CSCC(C)(O)CNC1CC(N)c2ccccc21. The van der Waals surface area contributed by atoms with Gasteiger partial charge in [0.05, 0.1) is 5.60 Å². The van der Waals surface area contributed by atoms with Crippen LogP contribution in [0.1, 0.15) is 36.6 Å². The van der Waals surface area contributed by atoms with Crippen molar-refractivity contribution in [1.29, 1.82) is 0 Å². The van der Waals surface area contributed by atoms with Gasteiger partial charge in [-0.2, -0.15) is 11.8 Å². The average Bonchev–Trinajstić information content (AvgIpc) is 2.65. The Bertz CT molecular complexity index is 409. The van der Waals surface area contributed by atoms with Crippen molar-refractivity contribution in [3.05, 3.63) is 35.4 Å². The number of nitrogens with two attached hydrogens (primary N) is 1. The van der Waals surface area contributed by atoms with E-state index in [1.54, 1.807) is 11.8 Å². The van der Waals surface area contributed by atoms with Gasteiger partial charge in [-0.1, -0.05) is 24.3 Å². The Morgan fingerprint density at radius 1 is 1.44 bits per heavy atom. The molecule has 100 valence electrons. The highest BCUT2D eigenvalue weighted by Gasteiger charge is 2.29. The van der Waals surface area contributed by atoms with Crippen molar-refractivity contribution < 1.29 is 5.11 Å². The van der Waals surface area contributed by atoms with Crippen molar-refractivity contribution >= 4 is 11.8 Å². The van der Waals surface area contributed by atoms with Crippen molar-refractivity contribution in [2.45, 2.75) is 31.0 Å². The predicted octanol–water partition coefficient (Wildman–Crippen LogP) is 1.83. The first kappa shape index (κ1) is 13.9. The molecule has 0 aliphatic heterocycles. The second-order valence-corrected chi connectivity index (χ2v) is 6.20. The molecular weight excluding hydrogens is 244 g/mol. The molecule has 1 aliphatic carbocycles. The lowest BCUT2D eigenvalue weighted by molar-refractivity contribution is 0.0812. The number of rotatable bonds is 5. The fraction of sp³-hybridized carbons (Fsp3) is 0.571. The molecule has 2 rings (SSSR count). The van der Waals surface area contributed by atoms with Crippen LogP contribution in [0.4, 0.5) is 0 Å². The summed E-state index contributed by atoms with van der Waals surface area (Å²) in [7, 11) is 0. The third kappa shape index (κ3) is 3.06. The van der Waals surface area contributed by atoms with E-state index in [2.05, 4.69) is 17.4 Å². The zero-order valence-corrected chi connectivity index (χ0v) is 11.8. The third-order valence-electron chi connectivity index (χ3n) is 3.45. The first-order valence-electron chi connectivity index (χ1n) is 6.32. The van der Waals surface area contributed by atoms with Crippen molar-refractivity contribution in [1.82, 2.24) is 5.32 Å². The molecule has 3 unspecified atom stereocenters. The summed E-state index contributed by atoms with van der Waals surface area (Å²) in [4.78, 5) is 0. The van der Waals surface area contributed by atoms with Gasteiger partial charge in [-0.25, -0.2) is 0 Å². The summed E-state index contributed by atoms with van der Waals surface area (Å²) in [6, 6.07) is 8.69.